The number of halogens is 1. The maximum Gasteiger partial charge on any atom is 0.261 e. The molecular weight excluding hydrogens is 438 g/mol. The zero-order valence-corrected chi connectivity index (χ0v) is 18.1. The van der Waals surface area contributed by atoms with E-state index in [9.17, 15) is 13.2 Å². The van der Waals surface area contributed by atoms with Gasteiger partial charge in [-0.2, -0.15) is 0 Å². The number of amides is 1. The van der Waals surface area contributed by atoms with Crippen molar-refractivity contribution in [3.63, 3.8) is 0 Å². The van der Waals surface area contributed by atoms with Crippen molar-refractivity contribution in [1.29, 1.82) is 0 Å². The number of hydrogen-bond donors (Lipinski definition) is 1. The average molecular weight is 458 g/mol. The molecule has 1 aliphatic rings. The standard InChI is InChI=1S/C21H20ClN5O3S/c22-17-4-8-19(9-5-17)31(29,30)25-18-6-2-16(3-7-18)20(28)26-12-14-27(15-13-26)21-23-10-1-11-24-21/h1-11,25H,12-15H2. The van der Waals surface area contributed by atoms with E-state index in [1.165, 1.54) is 24.3 Å². The SMILES string of the molecule is O=C(c1ccc(NS(=O)(=O)c2ccc(Cl)cc2)cc1)N1CCN(c2ncccn2)CC1. The van der Waals surface area contributed by atoms with Crippen LogP contribution < -0.4 is 9.62 Å². The van der Waals surface area contributed by atoms with Crippen LogP contribution in [0.1, 0.15) is 10.4 Å². The zero-order chi connectivity index (χ0) is 21.8. The van der Waals surface area contributed by atoms with Gasteiger partial charge in [0.1, 0.15) is 0 Å². The molecule has 1 fully saturated rings. The van der Waals surface area contributed by atoms with E-state index in [1.807, 2.05) is 4.90 Å². The van der Waals surface area contributed by atoms with Gasteiger partial charge in [0.2, 0.25) is 5.95 Å². The van der Waals surface area contributed by atoms with Crippen molar-refractivity contribution in [1.82, 2.24) is 14.9 Å². The van der Waals surface area contributed by atoms with Crippen molar-refractivity contribution in [2.75, 3.05) is 35.8 Å². The number of hydrogen-bond acceptors (Lipinski definition) is 6. The van der Waals surface area contributed by atoms with Gasteiger partial charge in [-0.25, -0.2) is 18.4 Å². The van der Waals surface area contributed by atoms with Gasteiger partial charge in [0, 0.05) is 54.8 Å². The molecule has 1 N–H and O–H groups in total. The normalized spacial score (nSPS) is 14.4. The number of rotatable bonds is 5. The van der Waals surface area contributed by atoms with Crippen LogP contribution >= 0.6 is 11.6 Å². The Morgan fingerprint density at radius 2 is 1.52 bits per heavy atom. The summed E-state index contributed by atoms with van der Waals surface area (Å²) >= 11 is 5.81. The lowest BCUT2D eigenvalue weighted by Gasteiger charge is -2.34. The topological polar surface area (TPSA) is 95.5 Å². The van der Waals surface area contributed by atoms with Gasteiger partial charge in [-0.3, -0.25) is 9.52 Å². The van der Waals surface area contributed by atoms with Gasteiger partial charge in [-0.05, 0) is 54.6 Å². The molecule has 4 rings (SSSR count). The minimum absolute atomic E-state index is 0.0965. The summed E-state index contributed by atoms with van der Waals surface area (Å²) in [4.78, 5) is 25.2. The lowest BCUT2D eigenvalue weighted by molar-refractivity contribution is 0.0746. The van der Waals surface area contributed by atoms with Crippen molar-refractivity contribution in [3.05, 3.63) is 77.6 Å². The molecule has 0 aliphatic carbocycles. The minimum atomic E-state index is -3.74. The summed E-state index contributed by atoms with van der Waals surface area (Å²) in [6.07, 6.45) is 3.39. The van der Waals surface area contributed by atoms with Crippen molar-refractivity contribution in [2.45, 2.75) is 4.90 Å². The number of nitrogens with one attached hydrogen (secondary N) is 1. The van der Waals surface area contributed by atoms with E-state index in [4.69, 9.17) is 11.6 Å². The molecule has 0 spiro atoms. The van der Waals surface area contributed by atoms with E-state index in [2.05, 4.69) is 14.7 Å². The molecule has 1 amide bonds. The number of aromatic nitrogens is 2. The average Bonchev–Trinajstić information content (AvgIpc) is 2.80. The minimum Gasteiger partial charge on any atom is -0.337 e. The van der Waals surface area contributed by atoms with Gasteiger partial charge in [0.15, 0.2) is 0 Å². The Labute approximate surface area is 185 Å². The molecule has 0 radical (unpaired) electrons. The summed E-state index contributed by atoms with van der Waals surface area (Å²) in [7, 11) is -3.74. The van der Waals surface area contributed by atoms with Gasteiger partial charge < -0.3 is 9.80 Å². The van der Waals surface area contributed by atoms with Gasteiger partial charge in [-0.1, -0.05) is 11.6 Å². The first kappa shape index (κ1) is 21.1. The third kappa shape index (κ3) is 4.95. The number of benzene rings is 2. The van der Waals surface area contributed by atoms with Crippen LogP contribution in [0.15, 0.2) is 71.9 Å². The first-order valence-corrected chi connectivity index (χ1v) is 11.5. The highest BCUT2D eigenvalue weighted by molar-refractivity contribution is 7.92. The van der Waals surface area contributed by atoms with E-state index in [0.29, 0.717) is 48.4 Å². The van der Waals surface area contributed by atoms with Crippen LogP contribution in [0.2, 0.25) is 5.02 Å². The maximum absolute atomic E-state index is 12.8. The van der Waals surface area contributed by atoms with Crippen LogP contribution in [-0.4, -0.2) is 55.4 Å². The molecule has 0 unspecified atom stereocenters. The fourth-order valence-corrected chi connectivity index (χ4v) is 4.44. The molecule has 8 nitrogen and oxygen atoms in total. The summed E-state index contributed by atoms with van der Waals surface area (Å²) in [5.74, 6) is 0.563. The molecule has 0 saturated carbocycles. The van der Waals surface area contributed by atoms with Gasteiger partial charge >= 0.3 is 0 Å². The zero-order valence-electron chi connectivity index (χ0n) is 16.5. The molecule has 0 atom stereocenters. The fraction of sp³-hybridized carbons (Fsp3) is 0.190. The smallest absolute Gasteiger partial charge is 0.261 e. The Hall–Kier alpha value is -3.17. The van der Waals surface area contributed by atoms with Crippen LogP contribution in [0.3, 0.4) is 0 Å². The van der Waals surface area contributed by atoms with Crippen molar-refractivity contribution in [3.8, 4) is 0 Å². The van der Waals surface area contributed by atoms with E-state index in [1.54, 1.807) is 47.6 Å². The molecule has 2 aromatic carbocycles. The molecule has 160 valence electrons. The Balaban J connectivity index is 1.38. The second-order valence-corrected chi connectivity index (χ2v) is 9.08. The lowest BCUT2D eigenvalue weighted by atomic mass is 10.1. The van der Waals surface area contributed by atoms with E-state index in [-0.39, 0.29) is 10.8 Å². The molecule has 1 aromatic heterocycles. The van der Waals surface area contributed by atoms with Crippen LogP contribution in [0.5, 0.6) is 0 Å². The molecule has 31 heavy (non-hydrogen) atoms. The highest BCUT2D eigenvalue weighted by Gasteiger charge is 2.23. The quantitative estimate of drug-likeness (QED) is 0.633. The predicted octanol–water partition coefficient (Wildman–Crippen LogP) is 2.89. The number of carbonyl (C=O) groups is 1. The molecule has 1 saturated heterocycles. The van der Waals surface area contributed by atoms with Crippen LogP contribution in [0.4, 0.5) is 11.6 Å². The number of anilines is 2. The Morgan fingerprint density at radius 3 is 2.13 bits per heavy atom. The summed E-state index contributed by atoms with van der Waals surface area (Å²) in [5.41, 5.74) is 0.872. The van der Waals surface area contributed by atoms with Crippen molar-refractivity contribution in [2.24, 2.45) is 0 Å². The van der Waals surface area contributed by atoms with Crippen LogP contribution in [-0.2, 0) is 10.0 Å². The van der Waals surface area contributed by atoms with E-state index in [0.717, 1.165) is 0 Å². The molecule has 10 heteroatoms. The summed E-state index contributed by atoms with van der Waals surface area (Å²) in [6, 6.07) is 14.1. The van der Waals surface area contributed by atoms with Crippen LogP contribution in [0.25, 0.3) is 0 Å². The maximum atomic E-state index is 12.8. The number of carbonyl (C=O) groups excluding carboxylic acids is 1. The lowest BCUT2D eigenvalue weighted by Crippen LogP contribution is -2.49. The molecule has 0 bridgehead atoms. The summed E-state index contributed by atoms with van der Waals surface area (Å²) in [5, 5.41) is 0.457. The second kappa shape index (κ2) is 8.91. The predicted molar refractivity (Wildman–Crippen MR) is 119 cm³/mol. The Bertz CT molecular complexity index is 1150. The summed E-state index contributed by atoms with van der Waals surface area (Å²) < 4.78 is 27.5. The highest BCUT2D eigenvalue weighted by Crippen LogP contribution is 2.20. The van der Waals surface area contributed by atoms with Crippen molar-refractivity contribution < 1.29 is 13.2 Å². The van der Waals surface area contributed by atoms with E-state index < -0.39 is 10.0 Å². The van der Waals surface area contributed by atoms with E-state index >= 15 is 0 Å². The second-order valence-electron chi connectivity index (χ2n) is 6.96. The molecule has 1 aliphatic heterocycles. The third-order valence-corrected chi connectivity index (χ3v) is 6.56. The molecule has 2 heterocycles. The number of piperazine rings is 1. The Kier molecular flexibility index (Phi) is 6.06. The monoisotopic (exact) mass is 457 g/mol. The van der Waals surface area contributed by atoms with Gasteiger partial charge in [-0.15, -0.1) is 0 Å². The van der Waals surface area contributed by atoms with Gasteiger partial charge in [0.05, 0.1) is 4.90 Å². The van der Waals surface area contributed by atoms with Crippen molar-refractivity contribution >= 4 is 39.2 Å². The first-order valence-electron chi connectivity index (χ1n) is 9.62. The molecule has 3 aromatic rings. The largest absolute Gasteiger partial charge is 0.337 e. The number of nitrogens with zero attached hydrogens (tertiary/aromatic N) is 4. The molecular formula is C21H20ClN5O3S. The summed E-state index contributed by atoms with van der Waals surface area (Å²) in [6.45, 7) is 2.41. The third-order valence-electron chi connectivity index (χ3n) is 4.91. The highest BCUT2D eigenvalue weighted by atomic mass is 35.5. The number of sulfonamides is 1. The Morgan fingerprint density at radius 1 is 0.903 bits per heavy atom. The van der Waals surface area contributed by atoms with Crippen LogP contribution in [0, 0.1) is 0 Å². The fourth-order valence-electron chi connectivity index (χ4n) is 3.26. The van der Waals surface area contributed by atoms with Gasteiger partial charge in [0.25, 0.3) is 15.9 Å². The first-order chi connectivity index (χ1) is 14.9.